The van der Waals surface area contributed by atoms with Gasteiger partial charge in [-0.05, 0) is 38.1 Å². The van der Waals surface area contributed by atoms with Gasteiger partial charge in [0.05, 0.1) is 21.2 Å². The van der Waals surface area contributed by atoms with Crippen molar-refractivity contribution in [1.82, 2.24) is 0 Å². The van der Waals surface area contributed by atoms with Gasteiger partial charge < -0.3 is 9.47 Å². The molecule has 0 saturated carbocycles. The van der Waals surface area contributed by atoms with Crippen LogP contribution in [-0.2, 0) is 20.0 Å². The van der Waals surface area contributed by atoms with Gasteiger partial charge in [0.1, 0.15) is 13.2 Å². The van der Waals surface area contributed by atoms with E-state index in [9.17, 15) is 16.8 Å². The van der Waals surface area contributed by atoms with Crippen molar-refractivity contribution in [3.05, 3.63) is 71.8 Å². The van der Waals surface area contributed by atoms with Crippen LogP contribution in [0.1, 0.15) is 11.1 Å². The van der Waals surface area contributed by atoms with Crippen molar-refractivity contribution in [3.63, 3.8) is 0 Å². The molecule has 0 radical (unpaired) electrons. The Morgan fingerprint density at radius 2 is 0.969 bits per heavy atom. The highest BCUT2D eigenvalue weighted by molar-refractivity contribution is 7.93. The third-order valence-corrected chi connectivity index (χ3v) is 7.60. The number of rotatable bonds is 6. The summed E-state index contributed by atoms with van der Waals surface area (Å²) in [5, 5.41) is 0. The molecule has 0 unspecified atom stereocenters. The quantitative estimate of drug-likeness (QED) is 0.564. The summed E-state index contributed by atoms with van der Waals surface area (Å²) in [6.07, 6.45) is 0. The van der Waals surface area contributed by atoms with Gasteiger partial charge >= 0.3 is 0 Å². The summed E-state index contributed by atoms with van der Waals surface area (Å²) in [7, 11) is -7.97. The summed E-state index contributed by atoms with van der Waals surface area (Å²) in [6.45, 7) is 4.29. The van der Waals surface area contributed by atoms with Crippen molar-refractivity contribution in [2.45, 2.75) is 23.6 Å². The first-order valence-corrected chi connectivity index (χ1v) is 12.7. The predicted molar refractivity (Wildman–Crippen MR) is 121 cm³/mol. The van der Waals surface area contributed by atoms with E-state index in [1.54, 1.807) is 24.3 Å². The van der Waals surface area contributed by atoms with E-state index < -0.39 is 20.0 Å². The van der Waals surface area contributed by atoms with Crippen molar-refractivity contribution in [1.29, 1.82) is 0 Å². The number of hydrogen-bond acceptors (Lipinski definition) is 6. The Bertz CT molecular complexity index is 1240. The van der Waals surface area contributed by atoms with Crippen LogP contribution in [-0.4, -0.2) is 30.0 Å². The molecule has 0 aliphatic carbocycles. The van der Waals surface area contributed by atoms with Gasteiger partial charge in [0, 0.05) is 12.1 Å². The molecular formula is C22H22N2O6S2. The van der Waals surface area contributed by atoms with Gasteiger partial charge in [0.25, 0.3) is 20.0 Å². The molecule has 0 spiro atoms. The Morgan fingerprint density at radius 3 is 1.31 bits per heavy atom. The van der Waals surface area contributed by atoms with Crippen molar-refractivity contribution in [2.24, 2.45) is 0 Å². The maximum absolute atomic E-state index is 12.9. The molecule has 1 aliphatic heterocycles. The van der Waals surface area contributed by atoms with E-state index >= 15 is 0 Å². The van der Waals surface area contributed by atoms with E-state index in [4.69, 9.17) is 9.47 Å². The fourth-order valence-electron chi connectivity index (χ4n) is 3.10. The number of ether oxygens (including phenoxy) is 2. The van der Waals surface area contributed by atoms with Crippen LogP contribution in [0.3, 0.4) is 0 Å². The number of anilines is 2. The number of benzene rings is 3. The summed E-state index contributed by atoms with van der Waals surface area (Å²) in [6, 6.07) is 15.5. The van der Waals surface area contributed by atoms with Gasteiger partial charge in [0.2, 0.25) is 0 Å². The van der Waals surface area contributed by atoms with E-state index in [1.165, 1.54) is 36.4 Å². The summed E-state index contributed by atoms with van der Waals surface area (Å²) in [5.41, 5.74) is 1.86. The van der Waals surface area contributed by atoms with Crippen LogP contribution in [0.15, 0.2) is 70.5 Å². The van der Waals surface area contributed by atoms with Gasteiger partial charge in [-0.15, -0.1) is 0 Å². The van der Waals surface area contributed by atoms with E-state index in [1.807, 2.05) is 13.8 Å². The third kappa shape index (κ3) is 4.66. The molecule has 0 atom stereocenters. The number of sulfonamides is 2. The second-order valence-electron chi connectivity index (χ2n) is 7.38. The molecule has 0 saturated heterocycles. The van der Waals surface area contributed by atoms with Crippen molar-refractivity contribution in [2.75, 3.05) is 22.7 Å². The van der Waals surface area contributed by atoms with Crippen LogP contribution in [0.2, 0.25) is 0 Å². The number of nitrogens with one attached hydrogen (secondary N) is 2. The van der Waals surface area contributed by atoms with Gasteiger partial charge in [-0.1, -0.05) is 35.4 Å². The highest BCUT2D eigenvalue weighted by atomic mass is 32.2. The molecule has 1 heterocycles. The summed E-state index contributed by atoms with van der Waals surface area (Å²) in [4.78, 5) is 0.0932. The van der Waals surface area contributed by atoms with Gasteiger partial charge in [0.15, 0.2) is 11.5 Å². The Kier molecular flexibility index (Phi) is 5.74. The molecule has 0 amide bonds. The number of fused-ring (bicyclic) bond motifs is 1. The zero-order chi connectivity index (χ0) is 22.9. The van der Waals surface area contributed by atoms with E-state index in [2.05, 4.69) is 9.44 Å². The predicted octanol–water partition coefficient (Wildman–Crippen LogP) is 3.68. The lowest BCUT2D eigenvalue weighted by Gasteiger charge is -2.22. The van der Waals surface area contributed by atoms with Crippen LogP contribution in [0.4, 0.5) is 11.4 Å². The fourth-order valence-corrected chi connectivity index (χ4v) is 5.24. The zero-order valence-corrected chi connectivity index (χ0v) is 19.1. The average Bonchev–Trinajstić information content (AvgIpc) is 2.74. The molecule has 2 N–H and O–H groups in total. The topological polar surface area (TPSA) is 111 Å². The Morgan fingerprint density at radius 1 is 0.625 bits per heavy atom. The van der Waals surface area contributed by atoms with Crippen molar-refractivity contribution in [3.8, 4) is 11.5 Å². The molecular weight excluding hydrogens is 452 g/mol. The molecule has 1 aliphatic rings. The summed E-state index contributed by atoms with van der Waals surface area (Å²) >= 11 is 0. The summed E-state index contributed by atoms with van der Waals surface area (Å²) in [5.74, 6) is 0.632. The molecule has 3 aromatic rings. The molecule has 0 fully saturated rings. The van der Waals surface area contributed by atoms with E-state index in [0.717, 1.165) is 11.1 Å². The second-order valence-corrected chi connectivity index (χ2v) is 10.7. The number of aryl methyl sites for hydroxylation is 2. The highest BCUT2D eigenvalue weighted by Gasteiger charge is 2.24. The SMILES string of the molecule is Cc1ccc(S(=O)(=O)Nc2cc3c(cc2NS(=O)(=O)c2ccc(C)cc2)OCCO3)cc1. The van der Waals surface area contributed by atoms with Crippen molar-refractivity contribution < 1.29 is 26.3 Å². The second kappa shape index (κ2) is 8.36. The Balaban J connectivity index is 1.74. The monoisotopic (exact) mass is 474 g/mol. The van der Waals surface area contributed by atoms with Gasteiger partial charge in [-0.25, -0.2) is 16.8 Å². The lowest BCUT2D eigenvalue weighted by Crippen LogP contribution is -2.20. The molecule has 168 valence electrons. The summed E-state index contributed by atoms with van der Waals surface area (Å²) < 4.78 is 67.8. The zero-order valence-electron chi connectivity index (χ0n) is 17.5. The van der Waals surface area contributed by atoms with Crippen LogP contribution in [0.25, 0.3) is 0 Å². The normalized spacial score (nSPS) is 13.4. The Hall–Kier alpha value is -3.24. The minimum absolute atomic E-state index is 0.0190. The van der Waals surface area contributed by atoms with Crippen LogP contribution < -0.4 is 18.9 Å². The molecule has 3 aromatic carbocycles. The lowest BCUT2D eigenvalue weighted by atomic mass is 10.2. The Labute approximate surface area is 187 Å². The molecule has 8 nitrogen and oxygen atoms in total. The van der Waals surface area contributed by atoms with Crippen LogP contribution in [0.5, 0.6) is 11.5 Å². The molecule has 32 heavy (non-hydrogen) atoms. The minimum Gasteiger partial charge on any atom is -0.486 e. The van der Waals surface area contributed by atoms with Crippen LogP contribution in [0, 0.1) is 13.8 Å². The van der Waals surface area contributed by atoms with Gasteiger partial charge in [-0.2, -0.15) is 0 Å². The molecule has 0 bridgehead atoms. The molecule has 4 rings (SSSR count). The minimum atomic E-state index is -3.99. The first-order chi connectivity index (χ1) is 15.1. The first kappa shape index (κ1) is 22.0. The lowest BCUT2D eigenvalue weighted by molar-refractivity contribution is 0.172. The smallest absolute Gasteiger partial charge is 0.261 e. The standard InChI is InChI=1S/C22H22N2O6S2/c1-15-3-7-17(8-4-15)31(25,26)23-19-13-21-22(30-12-11-29-21)14-20(19)24-32(27,28)18-9-5-16(2)6-10-18/h3-10,13-14,23-24H,11-12H2,1-2H3. The largest absolute Gasteiger partial charge is 0.486 e. The van der Waals surface area contributed by atoms with Gasteiger partial charge in [-0.3, -0.25) is 9.44 Å². The first-order valence-electron chi connectivity index (χ1n) is 9.77. The average molecular weight is 475 g/mol. The number of hydrogen-bond donors (Lipinski definition) is 2. The van der Waals surface area contributed by atoms with Crippen molar-refractivity contribution >= 4 is 31.4 Å². The van der Waals surface area contributed by atoms with Crippen LogP contribution >= 0.6 is 0 Å². The van der Waals surface area contributed by atoms with E-state index in [-0.39, 0.29) is 21.2 Å². The van der Waals surface area contributed by atoms with E-state index in [0.29, 0.717) is 24.7 Å². The maximum Gasteiger partial charge on any atom is 0.261 e. The molecule has 0 aromatic heterocycles. The molecule has 10 heteroatoms. The maximum atomic E-state index is 12.9. The highest BCUT2D eigenvalue weighted by Crippen LogP contribution is 2.40. The fraction of sp³-hybridized carbons (Fsp3) is 0.182. The third-order valence-electron chi connectivity index (χ3n) is 4.83.